The van der Waals surface area contributed by atoms with Gasteiger partial charge in [-0.15, -0.1) is 24.8 Å². The molecule has 0 atom stereocenters. The molecule has 0 heterocycles. The van der Waals surface area contributed by atoms with E-state index in [1.165, 1.54) is 0 Å². The van der Waals surface area contributed by atoms with Crippen LogP contribution < -0.4 is 11.8 Å². The van der Waals surface area contributed by atoms with Crippen LogP contribution in [0.3, 0.4) is 0 Å². The largest absolute Gasteiger partial charge is 0.300 e. The van der Waals surface area contributed by atoms with Crippen LogP contribution in [-0.4, -0.2) is 0 Å². The summed E-state index contributed by atoms with van der Waals surface area (Å²) in [6.45, 7) is 0.749. The molecule has 0 saturated carbocycles. The summed E-state index contributed by atoms with van der Waals surface area (Å²) >= 11 is 0. The third-order valence-electron chi connectivity index (χ3n) is 1.60. The molecular weight excluding hydrogens is 227 g/mol. The van der Waals surface area contributed by atoms with E-state index in [-0.39, 0.29) is 24.8 Å². The second-order valence-corrected chi connectivity index (χ2v) is 2.39. The van der Waals surface area contributed by atoms with Crippen molar-refractivity contribution < 1.29 is 9.68 Å². The van der Waals surface area contributed by atoms with E-state index in [1.54, 1.807) is 0 Å². The smallest absolute Gasteiger partial charge is 0.0933 e. The maximum Gasteiger partial charge on any atom is 0.0933 e. The van der Waals surface area contributed by atoms with E-state index < -0.39 is 0 Å². The Kier molecular flexibility index (Phi) is 10.6. The van der Waals surface area contributed by atoms with Gasteiger partial charge in [0.15, 0.2) is 0 Å². The molecule has 1 rings (SSSR count). The zero-order chi connectivity index (χ0) is 8.81. The number of benzene rings is 1. The lowest BCUT2D eigenvalue weighted by atomic mass is 10.1. The van der Waals surface area contributed by atoms with Crippen molar-refractivity contribution in [3.05, 3.63) is 35.4 Å². The van der Waals surface area contributed by atoms with Gasteiger partial charge in [0.05, 0.1) is 13.2 Å². The highest BCUT2D eigenvalue weighted by Gasteiger charge is 1.99. The highest BCUT2D eigenvalue weighted by atomic mass is 35.5. The lowest BCUT2D eigenvalue weighted by molar-refractivity contribution is 0.109. The summed E-state index contributed by atoms with van der Waals surface area (Å²) in [5, 5.41) is 0. The fraction of sp³-hybridized carbons (Fsp3) is 0.250. The van der Waals surface area contributed by atoms with Gasteiger partial charge in [0.1, 0.15) is 0 Å². The zero-order valence-corrected chi connectivity index (χ0v) is 9.14. The lowest BCUT2D eigenvalue weighted by Gasteiger charge is -2.05. The topological polar surface area (TPSA) is 70.5 Å². The second-order valence-electron chi connectivity index (χ2n) is 2.39. The van der Waals surface area contributed by atoms with E-state index in [4.69, 9.17) is 11.8 Å². The van der Waals surface area contributed by atoms with Crippen molar-refractivity contribution in [2.45, 2.75) is 13.2 Å². The summed E-state index contributed by atoms with van der Waals surface area (Å²) < 4.78 is 0. The Morgan fingerprint density at radius 2 is 1.21 bits per heavy atom. The van der Waals surface area contributed by atoms with Gasteiger partial charge in [-0.2, -0.15) is 0 Å². The first kappa shape index (κ1) is 16.1. The van der Waals surface area contributed by atoms with Gasteiger partial charge in [-0.3, -0.25) is 9.68 Å². The zero-order valence-electron chi connectivity index (χ0n) is 7.51. The van der Waals surface area contributed by atoms with Crippen molar-refractivity contribution in [3.63, 3.8) is 0 Å². The van der Waals surface area contributed by atoms with Gasteiger partial charge in [0.25, 0.3) is 0 Å². The average Bonchev–Trinajstić information content (AvgIpc) is 2.09. The Balaban J connectivity index is 0. The molecule has 0 aromatic heterocycles. The maximum atomic E-state index is 4.95. The number of hydrogen-bond donors (Lipinski definition) is 2. The number of rotatable bonds is 4. The molecule has 6 heteroatoms. The van der Waals surface area contributed by atoms with Crippen molar-refractivity contribution in [2.24, 2.45) is 11.8 Å². The third kappa shape index (κ3) is 4.76. The van der Waals surface area contributed by atoms with Crippen LogP contribution in [-0.2, 0) is 22.9 Å². The molecule has 0 aliphatic heterocycles. The summed E-state index contributed by atoms with van der Waals surface area (Å²) in [6, 6.07) is 7.66. The van der Waals surface area contributed by atoms with E-state index in [9.17, 15) is 0 Å². The minimum atomic E-state index is 0. The van der Waals surface area contributed by atoms with Gasteiger partial charge < -0.3 is 0 Å². The molecule has 1 aromatic carbocycles. The van der Waals surface area contributed by atoms with E-state index in [2.05, 4.69) is 9.68 Å². The average molecular weight is 241 g/mol. The fourth-order valence-corrected chi connectivity index (χ4v) is 1.02. The molecule has 1 aromatic rings. The van der Waals surface area contributed by atoms with Gasteiger partial charge in [0, 0.05) is 0 Å². The summed E-state index contributed by atoms with van der Waals surface area (Å²) in [6.07, 6.45) is 0. The van der Waals surface area contributed by atoms with Crippen molar-refractivity contribution in [3.8, 4) is 0 Å². The number of halogens is 2. The van der Waals surface area contributed by atoms with E-state index in [0.29, 0.717) is 13.2 Å². The van der Waals surface area contributed by atoms with E-state index in [1.807, 2.05) is 24.3 Å². The molecule has 0 aliphatic rings. The molecule has 14 heavy (non-hydrogen) atoms. The molecule has 4 nitrogen and oxygen atoms in total. The molecule has 0 amide bonds. The van der Waals surface area contributed by atoms with E-state index >= 15 is 0 Å². The lowest BCUT2D eigenvalue weighted by Crippen LogP contribution is -2.05. The van der Waals surface area contributed by atoms with Crippen LogP contribution in [0.4, 0.5) is 0 Å². The van der Waals surface area contributed by atoms with Gasteiger partial charge in [-0.1, -0.05) is 24.3 Å². The van der Waals surface area contributed by atoms with Gasteiger partial charge in [-0.25, -0.2) is 11.8 Å². The molecule has 0 aliphatic carbocycles. The minimum Gasteiger partial charge on any atom is -0.300 e. The quantitative estimate of drug-likeness (QED) is 0.779. The van der Waals surface area contributed by atoms with E-state index in [0.717, 1.165) is 11.1 Å². The van der Waals surface area contributed by atoms with Crippen LogP contribution >= 0.6 is 24.8 Å². The SMILES string of the molecule is Cl.Cl.NOCc1ccccc1CON. The van der Waals surface area contributed by atoms with Crippen molar-refractivity contribution in [2.75, 3.05) is 0 Å². The molecule has 4 N–H and O–H groups in total. The van der Waals surface area contributed by atoms with Crippen molar-refractivity contribution >= 4 is 24.8 Å². The number of nitrogens with two attached hydrogens (primary N) is 2. The Labute approximate surface area is 95.3 Å². The fourth-order valence-electron chi connectivity index (χ4n) is 1.02. The molecule has 0 spiro atoms. The Morgan fingerprint density at radius 3 is 1.50 bits per heavy atom. The summed E-state index contributed by atoms with van der Waals surface area (Å²) in [4.78, 5) is 9.04. The molecule has 0 fully saturated rings. The molecule has 0 saturated heterocycles. The highest BCUT2D eigenvalue weighted by Crippen LogP contribution is 2.09. The van der Waals surface area contributed by atoms with Crippen LogP contribution in [0.15, 0.2) is 24.3 Å². The normalized spacial score (nSPS) is 8.71. The number of hydrogen-bond acceptors (Lipinski definition) is 4. The highest BCUT2D eigenvalue weighted by molar-refractivity contribution is 5.85. The predicted octanol–water partition coefficient (Wildman–Crippen LogP) is 1.31. The van der Waals surface area contributed by atoms with Crippen LogP contribution in [0.25, 0.3) is 0 Å². The van der Waals surface area contributed by atoms with Crippen LogP contribution in [0, 0.1) is 0 Å². The maximum absolute atomic E-state index is 4.95. The van der Waals surface area contributed by atoms with Crippen molar-refractivity contribution in [1.29, 1.82) is 0 Å². The Hall–Kier alpha value is -0.360. The third-order valence-corrected chi connectivity index (χ3v) is 1.60. The van der Waals surface area contributed by atoms with Crippen LogP contribution in [0.1, 0.15) is 11.1 Å². The Morgan fingerprint density at radius 1 is 0.857 bits per heavy atom. The van der Waals surface area contributed by atoms with Crippen molar-refractivity contribution in [1.82, 2.24) is 0 Å². The molecular formula is C8H14Cl2N2O2. The second kappa shape index (κ2) is 9.21. The van der Waals surface area contributed by atoms with Gasteiger partial charge >= 0.3 is 0 Å². The van der Waals surface area contributed by atoms with Gasteiger partial charge in [-0.05, 0) is 11.1 Å². The van der Waals surface area contributed by atoms with Crippen LogP contribution in [0.2, 0.25) is 0 Å². The Bertz CT molecular complexity index is 224. The van der Waals surface area contributed by atoms with Gasteiger partial charge in [0.2, 0.25) is 0 Å². The van der Waals surface area contributed by atoms with Crippen LogP contribution in [0.5, 0.6) is 0 Å². The molecule has 0 bridgehead atoms. The first-order chi connectivity index (χ1) is 5.88. The standard InChI is InChI=1S/C8H12N2O2.2ClH/c9-11-5-7-3-1-2-4-8(7)6-12-10;;/h1-4H,5-6,9-10H2;2*1H. The monoisotopic (exact) mass is 240 g/mol. The first-order valence-corrected chi connectivity index (χ1v) is 3.58. The summed E-state index contributed by atoms with van der Waals surface area (Å²) in [5.41, 5.74) is 1.98. The summed E-state index contributed by atoms with van der Waals surface area (Å²) in [5.74, 6) is 9.91. The molecule has 0 unspecified atom stereocenters. The minimum absolute atomic E-state index is 0. The summed E-state index contributed by atoms with van der Waals surface area (Å²) in [7, 11) is 0. The molecule has 0 radical (unpaired) electrons. The molecule has 82 valence electrons. The first-order valence-electron chi connectivity index (χ1n) is 3.58. The predicted molar refractivity (Wildman–Crippen MR) is 58.9 cm³/mol.